The highest BCUT2D eigenvalue weighted by Gasteiger charge is 2.12. The molecule has 0 aromatic heterocycles. The van der Waals surface area contributed by atoms with Crippen molar-refractivity contribution in [3.05, 3.63) is 59.2 Å². The largest absolute Gasteiger partial charge is 0.491 e. The molecule has 23 heavy (non-hydrogen) atoms. The first-order chi connectivity index (χ1) is 11.0. The quantitative estimate of drug-likeness (QED) is 0.817. The predicted molar refractivity (Wildman–Crippen MR) is 91.3 cm³/mol. The van der Waals surface area contributed by atoms with E-state index in [1.807, 2.05) is 39.0 Å². The van der Waals surface area contributed by atoms with Gasteiger partial charge in [0.15, 0.2) is 0 Å². The molecule has 2 aromatic carbocycles. The van der Waals surface area contributed by atoms with E-state index in [0.29, 0.717) is 35.1 Å². The number of carbonyl (C=O) groups excluding carboxylic acids is 2. The van der Waals surface area contributed by atoms with E-state index in [1.165, 1.54) is 0 Å². The van der Waals surface area contributed by atoms with Gasteiger partial charge in [-0.05, 0) is 43.2 Å². The zero-order chi connectivity index (χ0) is 16.8. The smallest absolute Gasteiger partial charge is 0.255 e. The van der Waals surface area contributed by atoms with E-state index >= 15 is 0 Å². The predicted octanol–water partition coefficient (Wildman–Crippen LogP) is 4.09. The van der Waals surface area contributed by atoms with E-state index in [2.05, 4.69) is 5.32 Å². The second-order valence-electron chi connectivity index (χ2n) is 5.90. The molecule has 0 bridgehead atoms. The molecule has 4 heteroatoms. The topological polar surface area (TPSA) is 55.4 Å². The SMILES string of the molecule is Cc1cccc(C(=O)Nc2cc(C=O)ccc2OCC(C)C)c1. The van der Waals surface area contributed by atoms with Crippen LogP contribution in [-0.4, -0.2) is 18.8 Å². The van der Waals surface area contributed by atoms with Gasteiger partial charge in [-0.25, -0.2) is 0 Å². The Morgan fingerprint density at radius 1 is 1.22 bits per heavy atom. The summed E-state index contributed by atoms with van der Waals surface area (Å²) < 4.78 is 5.73. The van der Waals surface area contributed by atoms with Crippen LogP contribution in [0.1, 0.15) is 40.1 Å². The number of rotatable bonds is 6. The maximum absolute atomic E-state index is 12.4. The molecule has 0 aliphatic heterocycles. The van der Waals surface area contributed by atoms with E-state index in [-0.39, 0.29) is 5.91 Å². The highest BCUT2D eigenvalue weighted by atomic mass is 16.5. The average molecular weight is 311 g/mol. The van der Waals surface area contributed by atoms with Crippen LogP contribution in [0, 0.1) is 12.8 Å². The third kappa shape index (κ3) is 4.68. The van der Waals surface area contributed by atoms with Crippen LogP contribution in [0.15, 0.2) is 42.5 Å². The second-order valence-corrected chi connectivity index (χ2v) is 5.90. The van der Waals surface area contributed by atoms with Gasteiger partial charge in [-0.3, -0.25) is 9.59 Å². The van der Waals surface area contributed by atoms with Gasteiger partial charge >= 0.3 is 0 Å². The molecule has 0 unspecified atom stereocenters. The van der Waals surface area contributed by atoms with Crippen LogP contribution < -0.4 is 10.1 Å². The number of carbonyl (C=O) groups is 2. The van der Waals surface area contributed by atoms with E-state index in [1.54, 1.807) is 24.3 Å². The lowest BCUT2D eigenvalue weighted by atomic mass is 10.1. The van der Waals surface area contributed by atoms with Crippen LogP contribution >= 0.6 is 0 Å². The van der Waals surface area contributed by atoms with E-state index < -0.39 is 0 Å². The summed E-state index contributed by atoms with van der Waals surface area (Å²) >= 11 is 0. The maximum Gasteiger partial charge on any atom is 0.255 e. The highest BCUT2D eigenvalue weighted by molar-refractivity contribution is 6.05. The number of nitrogens with one attached hydrogen (secondary N) is 1. The monoisotopic (exact) mass is 311 g/mol. The number of hydrogen-bond donors (Lipinski definition) is 1. The number of benzene rings is 2. The summed E-state index contributed by atoms with van der Waals surface area (Å²) in [6.07, 6.45) is 0.745. The summed E-state index contributed by atoms with van der Waals surface area (Å²) in [5.41, 5.74) is 2.56. The van der Waals surface area contributed by atoms with E-state index in [9.17, 15) is 9.59 Å². The molecule has 0 radical (unpaired) electrons. The van der Waals surface area contributed by atoms with Crippen molar-refractivity contribution in [2.45, 2.75) is 20.8 Å². The van der Waals surface area contributed by atoms with Crippen LogP contribution in [0.25, 0.3) is 0 Å². The number of aldehydes is 1. The van der Waals surface area contributed by atoms with E-state index in [0.717, 1.165) is 11.8 Å². The number of hydrogen-bond acceptors (Lipinski definition) is 3. The molecule has 0 aliphatic carbocycles. The van der Waals surface area contributed by atoms with Crippen molar-refractivity contribution in [3.8, 4) is 5.75 Å². The van der Waals surface area contributed by atoms with Crippen LogP contribution in [-0.2, 0) is 0 Å². The number of anilines is 1. The summed E-state index contributed by atoms with van der Waals surface area (Å²) in [4.78, 5) is 23.4. The molecule has 2 rings (SSSR count). The Balaban J connectivity index is 2.25. The number of ether oxygens (including phenoxy) is 1. The van der Waals surface area contributed by atoms with Gasteiger partial charge in [0.2, 0.25) is 0 Å². The third-order valence-electron chi connectivity index (χ3n) is 3.24. The Morgan fingerprint density at radius 3 is 2.65 bits per heavy atom. The lowest BCUT2D eigenvalue weighted by Crippen LogP contribution is -2.14. The molecule has 0 saturated carbocycles. The fourth-order valence-corrected chi connectivity index (χ4v) is 2.08. The first-order valence-corrected chi connectivity index (χ1v) is 7.59. The molecule has 0 heterocycles. The molecule has 2 aromatic rings. The van der Waals surface area contributed by atoms with Crippen molar-refractivity contribution in [2.24, 2.45) is 5.92 Å². The number of aryl methyl sites for hydroxylation is 1. The van der Waals surface area contributed by atoms with Crippen molar-refractivity contribution >= 4 is 17.9 Å². The molecule has 1 amide bonds. The van der Waals surface area contributed by atoms with Gasteiger partial charge in [0.25, 0.3) is 5.91 Å². The molecular weight excluding hydrogens is 290 g/mol. The minimum absolute atomic E-state index is 0.230. The summed E-state index contributed by atoms with van der Waals surface area (Å²) in [6, 6.07) is 12.3. The van der Waals surface area contributed by atoms with Crippen molar-refractivity contribution in [1.82, 2.24) is 0 Å². The van der Waals surface area contributed by atoms with Gasteiger partial charge in [0, 0.05) is 11.1 Å². The first-order valence-electron chi connectivity index (χ1n) is 7.59. The summed E-state index contributed by atoms with van der Waals surface area (Å²) in [6.45, 7) is 6.56. The molecule has 0 aliphatic rings. The standard InChI is InChI=1S/C19H21NO3/c1-13(2)12-23-18-8-7-15(11-21)10-17(18)20-19(22)16-6-4-5-14(3)9-16/h4-11,13H,12H2,1-3H3,(H,20,22). The Hall–Kier alpha value is -2.62. The van der Waals surface area contributed by atoms with Gasteiger partial charge < -0.3 is 10.1 Å². The lowest BCUT2D eigenvalue weighted by Gasteiger charge is -2.14. The van der Waals surface area contributed by atoms with Crippen molar-refractivity contribution in [1.29, 1.82) is 0 Å². The molecule has 1 N–H and O–H groups in total. The Bertz CT molecular complexity index is 708. The fraction of sp³-hybridized carbons (Fsp3) is 0.263. The van der Waals surface area contributed by atoms with Crippen molar-refractivity contribution < 1.29 is 14.3 Å². The second kappa shape index (κ2) is 7.58. The minimum Gasteiger partial charge on any atom is -0.491 e. The van der Waals surface area contributed by atoms with Gasteiger partial charge in [0.1, 0.15) is 12.0 Å². The van der Waals surface area contributed by atoms with Crippen LogP contribution in [0.3, 0.4) is 0 Å². The molecule has 0 atom stereocenters. The summed E-state index contributed by atoms with van der Waals surface area (Å²) in [7, 11) is 0. The normalized spacial score (nSPS) is 10.4. The zero-order valence-corrected chi connectivity index (χ0v) is 13.6. The molecule has 0 fully saturated rings. The fourth-order valence-electron chi connectivity index (χ4n) is 2.08. The van der Waals surface area contributed by atoms with Gasteiger partial charge in [-0.1, -0.05) is 31.5 Å². The van der Waals surface area contributed by atoms with Crippen LogP contribution in [0.2, 0.25) is 0 Å². The Kier molecular flexibility index (Phi) is 5.52. The number of amides is 1. The van der Waals surface area contributed by atoms with Crippen molar-refractivity contribution in [2.75, 3.05) is 11.9 Å². The van der Waals surface area contributed by atoms with Gasteiger partial charge in [-0.2, -0.15) is 0 Å². The van der Waals surface area contributed by atoms with Crippen LogP contribution in [0.5, 0.6) is 5.75 Å². The van der Waals surface area contributed by atoms with Crippen molar-refractivity contribution in [3.63, 3.8) is 0 Å². The summed E-state index contributed by atoms with van der Waals surface area (Å²) in [5, 5.41) is 2.83. The third-order valence-corrected chi connectivity index (χ3v) is 3.24. The van der Waals surface area contributed by atoms with Gasteiger partial charge in [0.05, 0.1) is 12.3 Å². The molecule has 0 saturated heterocycles. The van der Waals surface area contributed by atoms with E-state index in [4.69, 9.17) is 4.74 Å². The lowest BCUT2D eigenvalue weighted by molar-refractivity contribution is 0.102. The molecular formula is C19H21NO3. The first kappa shape index (κ1) is 16.7. The minimum atomic E-state index is -0.230. The van der Waals surface area contributed by atoms with Gasteiger partial charge in [-0.15, -0.1) is 0 Å². The van der Waals surface area contributed by atoms with Crippen LogP contribution in [0.4, 0.5) is 5.69 Å². The average Bonchev–Trinajstić information content (AvgIpc) is 2.53. The summed E-state index contributed by atoms with van der Waals surface area (Å²) in [5.74, 6) is 0.692. The Morgan fingerprint density at radius 2 is 2.00 bits per heavy atom. The Labute approximate surface area is 136 Å². The molecule has 4 nitrogen and oxygen atoms in total. The highest BCUT2D eigenvalue weighted by Crippen LogP contribution is 2.26. The molecule has 120 valence electrons. The molecule has 0 spiro atoms. The maximum atomic E-state index is 12.4. The zero-order valence-electron chi connectivity index (χ0n) is 13.6.